The molecule has 0 aliphatic heterocycles. The highest BCUT2D eigenvalue weighted by atomic mass is 32.1. The molecule has 0 aliphatic rings. The van der Waals surface area contributed by atoms with Crippen molar-refractivity contribution >= 4 is 34.6 Å². The Kier molecular flexibility index (Phi) is 4.24. The average molecular weight is 306 g/mol. The highest BCUT2D eigenvalue weighted by molar-refractivity contribution is 7.13. The molecular formula is C12H10N4O4S. The second-order valence-electron chi connectivity index (χ2n) is 4.03. The van der Waals surface area contributed by atoms with Crippen molar-refractivity contribution in [3.63, 3.8) is 0 Å². The maximum Gasteiger partial charge on any atom is 0.301 e. The van der Waals surface area contributed by atoms with E-state index in [4.69, 9.17) is 0 Å². The van der Waals surface area contributed by atoms with Gasteiger partial charge in [-0.2, -0.15) is 5.10 Å². The van der Waals surface area contributed by atoms with Crippen LogP contribution in [0, 0.1) is 27.2 Å². The zero-order chi connectivity index (χ0) is 15.4. The van der Waals surface area contributed by atoms with E-state index in [0.29, 0.717) is 0 Å². The fourth-order valence-electron chi connectivity index (χ4n) is 1.57. The minimum absolute atomic E-state index is 0.0927. The maximum atomic E-state index is 10.9. The van der Waals surface area contributed by atoms with Gasteiger partial charge < -0.3 is 0 Å². The first-order chi connectivity index (χ1) is 9.97. The number of hydrogen-bond donors (Lipinski definition) is 1. The first-order valence-electron chi connectivity index (χ1n) is 5.75. The standard InChI is InChI=1S/C12H10N4O4S/c1-8-2-4-10(21-8)7-13-14-11-5-3-9(15(17)18)6-12(11)16(19)20/h2-7,14H,1H3/b13-7-. The number of rotatable bonds is 5. The van der Waals surface area contributed by atoms with Crippen molar-refractivity contribution in [3.05, 3.63) is 60.3 Å². The first-order valence-corrected chi connectivity index (χ1v) is 6.57. The minimum atomic E-state index is -0.694. The van der Waals surface area contributed by atoms with Crippen molar-refractivity contribution in [1.82, 2.24) is 0 Å². The first kappa shape index (κ1) is 14.6. The number of nitro benzene ring substituents is 2. The molecule has 108 valence electrons. The van der Waals surface area contributed by atoms with Gasteiger partial charge in [-0.15, -0.1) is 11.3 Å². The van der Waals surface area contributed by atoms with Crippen LogP contribution in [0.25, 0.3) is 0 Å². The number of non-ortho nitro benzene ring substituents is 1. The summed E-state index contributed by atoms with van der Waals surface area (Å²) >= 11 is 1.53. The number of anilines is 1. The quantitative estimate of drug-likeness (QED) is 0.517. The molecule has 0 saturated heterocycles. The lowest BCUT2D eigenvalue weighted by atomic mass is 10.2. The van der Waals surface area contributed by atoms with Gasteiger partial charge in [0.2, 0.25) is 0 Å². The van der Waals surface area contributed by atoms with Gasteiger partial charge in [-0.3, -0.25) is 25.7 Å². The van der Waals surface area contributed by atoms with E-state index in [0.717, 1.165) is 15.8 Å². The molecule has 1 aromatic heterocycles. The van der Waals surface area contributed by atoms with Crippen LogP contribution >= 0.6 is 11.3 Å². The lowest BCUT2D eigenvalue weighted by Gasteiger charge is -2.01. The summed E-state index contributed by atoms with van der Waals surface area (Å²) in [5, 5.41) is 25.5. The molecule has 21 heavy (non-hydrogen) atoms. The van der Waals surface area contributed by atoms with Crippen LogP contribution in [0.3, 0.4) is 0 Å². The molecule has 2 rings (SSSR count). The van der Waals surface area contributed by atoms with Crippen molar-refractivity contribution < 1.29 is 9.85 Å². The lowest BCUT2D eigenvalue weighted by molar-refractivity contribution is -0.393. The molecule has 0 spiro atoms. The largest absolute Gasteiger partial charge is 0.301 e. The van der Waals surface area contributed by atoms with Gasteiger partial charge in [0.05, 0.1) is 22.1 Å². The van der Waals surface area contributed by atoms with Gasteiger partial charge in [0.25, 0.3) is 5.69 Å². The molecular weight excluding hydrogens is 296 g/mol. The normalized spacial score (nSPS) is 10.7. The number of hydrazone groups is 1. The molecule has 0 bridgehead atoms. The minimum Gasteiger partial charge on any atom is -0.272 e. The molecule has 1 N–H and O–H groups in total. The summed E-state index contributed by atoms with van der Waals surface area (Å²) in [6.45, 7) is 1.95. The number of aryl methyl sites for hydroxylation is 1. The topological polar surface area (TPSA) is 111 Å². The lowest BCUT2D eigenvalue weighted by Crippen LogP contribution is -1.98. The van der Waals surface area contributed by atoms with E-state index in [-0.39, 0.29) is 11.4 Å². The number of nitro groups is 2. The van der Waals surface area contributed by atoms with Crippen molar-refractivity contribution in [3.8, 4) is 0 Å². The third-order valence-corrected chi connectivity index (χ3v) is 3.46. The van der Waals surface area contributed by atoms with Crippen LogP contribution in [0.2, 0.25) is 0 Å². The van der Waals surface area contributed by atoms with Crippen LogP contribution in [-0.4, -0.2) is 16.1 Å². The molecule has 0 unspecified atom stereocenters. The number of thiophene rings is 1. The van der Waals surface area contributed by atoms with Crippen LogP contribution in [0.15, 0.2) is 35.4 Å². The number of nitrogens with one attached hydrogen (secondary N) is 1. The maximum absolute atomic E-state index is 10.9. The van der Waals surface area contributed by atoms with Crippen LogP contribution in [0.1, 0.15) is 9.75 Å². The van der Waals surface area contributed by atoms with Crippen molar-refractivity contribution in [2.45, 2.75) is 6.92 Å². The Morgan fingerprint density at radius 3 is 2.52 bits per heavy atom. The average Bonchev–Trinajstić information content (AvgIpc) is 2.84. The molecule has 1 aromatic carbocycles. The van der Waals surface area contributed by atoms with E-state index < -0.39 is 15.5 Å². The van der Waals surface area contributed by atoms with Crippen LogP contribution in [0.5, 0.6) is 0 Å². The van der Waals surface area contributed by atoms with Crippen molar-refractivity contribution in [1.29, 1.82) is 0 Å². The molecule has 0 radical (unpaired) electrons. The van der Waals surface area contributed by atoms with Gasteiger partial charge >= 0.3 is 5.69 Å². The van der Waals surface area contributed by atoms with Crippen LogP contribution < -0.4 is 5.43 Å². The van der Waals surface area contributed by atoms with Gasteiger partial charge in [-0.25, -0.2) is 0 Å². The number of nitrogens with zero attached hydrogens (tertiary/aromatic N) is 3. The Labute approximate surface area is 123 Å². The van der Waals surface area contributed by atoms with Crippen molar-refractivity contribution in [2.24, 2.45) is 5.10 Å². The predicted octanol–water partition coefficient (Wildman–Crippen LogP) is 3.32. The highest BCUT2D eigenvalue weighted by Crippen LogP contribution is 2.28. The van der Waals surface area contributed by atoms with Crippen LogP contribution in [-0.2, 0) is 0 Å². The molecule has 8 nitrogen and oxygen atoms in total. The van der Waals surface area contributed by atoms with Crippen molar-refractivity contribution in [2.75, 3.05) is 5.43 Å². The SMILES string of the molecule is Cc1ccc(/C=N\Nc2ccc([N+](=O)[O-])cc2[N+](=O)[O-])s1. The Morgan fingerprint density at radius 1 is 1.19 bits per heavy atom. The summed E-state index contributed by atoms with van der Waals surface area (Å²) in [4.78, 5) is 22.2. The molecule has 0 aliphatic carbocycles. The van der Waals surface area contributed by atoms with Gasteiger partial charge in [0.1, 0.15) is 5.69 Å². The summed E-state index contributed by atoms with van der Waals surface area (Å²) < 4.78 is 0. The third-order valence-electron chi connectivity index (χ3n) is 2.53. The fraction of sp³-hybridized carbons (Fsp3) is 0.0833. The number of hydrogen-bond acceptors (Lipinski definition) is 7. The molecule has 1 heterocycles. The molecule has 0 atom stereocenters. The molecule has 0 fully saturated rings. The zero-order valence-electron chi connectivity index (χ0n) is 10.8. The van der Waals surface area contributed by atoms with E-state index in [1.807, 2.05) is 19.1 Å². The Balaban J connectivity index is 2.21. The van der Waals surface area contributed by atoms with E-state index in [1.54, 1.807) is 0 Å². The second kappa shape index (κ2) is 6.09. The smallest absolute Gasteiger partial charge is 0.272 e. The van der Waals surface area contributed by atoms with Gasteiger partial charge in [-0.1, -0.05) is 0 Å². The molecule has 2 aromatic rings. The van der Waals surface area contributed by atoms with E-state index in [1.165, 1.54) is 29.7 Å². The van der Waals surface area contributed by atoms with Gasteiger partial charge in [0.15, 0.2) is 0 Å². The predicted molar refractivity (Wildman–Crippen MR) is 80.0 cm³/mol. The fourth-order valence-corrected chi connectivity index (χ4v) is 2.32. The monoisotopic (exact) mass is 306 g/mol. The highest BCUT2D eigenvalue weighted by Gasteiger charge is 2.18. The summed E-state index contributed by atoms with van der Waals surface area (Å²) in [5.41, 5.74) is 1.88. The second-order valence-corrected chi connectivity index (χ2v) is 5.35. The Bertz CT molecular complexity index is 726. The Morgan fingerprint density at radius 2 is 1.95 bits per heavy atom. The van der Waals surface area contributed by atoms with E-state index in [2.05, 4.69) is 10.5 Å². The van der Waals surface area contributed by atoms with E-state index in [9.17, 15) is 20.2 Å². The number of benzene rings is 1. The third kappa shape index (κ3) is 3.60. The Hall–Kier alpha value is -2.81. The summed E-state index contributed by atoms with van der Waals surface area (Å²) in [5.74, 6) is 0. The van der Waals surface area contributed by atoms with Gasteiger partial charge in [-0.05, 0) is 25.1 Å². The molecule has 0 amide bonds. The summed E-state index contributed by atoms with van der Waals surface area (Å²) in [7, 11) is 0. The summed E-state index contributed by atoms with van der Waals surface area (Å²) in [6, 6.07) is 7.14. The van der Waals surface area contributed by atoms with E-state index >= 15 is 0 Å². The summed E-state index contributed by atoms with van der Waals surface area (Å²) in [6.07, 6.45) is 1.53. The molecule has 0 saturated carbocycles. The zero-order valence-corrected chi connectivity index (χ0v) is 11.7. The molecule has 9 heteroatoms. The van der Waals surface area contributed by atoms with Gasteiger partial charge in [0, 0.05) is 15.8 Å². The van der Waals surface area contributed by atoms with Crippen LogP contribution in [0.4, 0.5) is 17.1 Å².